The van der Waals surface area contributed by atoms with E-state index in [1.54, 1.807) is 12.0 Å². The lowest BCUT2D eigenvalue weighted by molar-refractivity contribution is -0.152. The van der Waals surface area contributed by atoms with Crippen LogP contribution in [0.25, 0.3) is 0 Å². The summed E-state index contributed by atoms with van der Waals surface area (Å²) in [6, 6.07) is -0.0439. The Balaban J connectivity index is 1.66. The molecular weight excluding hydrogens is 220 g/mol. The van der Waals surface area contributed by atoms with E-state index in [4.69, 9.17) is 4.74 Å². The molecule has 5 nitrogen and oxygen atoms in total. The second kappa shape index (κ2) is 3.98. The zero-order valence-corrected chi connectivity index (χ0v) is 10.0. The number of carbonyl (C=O) groups excluding carboxylic acids is 2. The molecule has 2 amide bonds. The number of rotatable bonds is 3. The summed E-state index contributed by atoms with van der Waals surface area (Å²) in [5, 5.41) is 2.82. The van der Waals surface area contributed by atoms with Gasteiger partial charge in [0.15, 0.2) is 0 Å². The van der Waals surface area contributed by atoms with Gasteiger partial charge >= 0.3 is 0 Å². The molecule has 0 bridgehead atoms. The highest BCUT2D eigenvalue weighted by molar-refractivity contribution is 5.95. The summed E-state index contributed by atoms with van der Waals surface area (Å²) >= 11 is 0. The van der Waals surface area contributed by atoms with Crippen LogP contribution in [-0.2, 0) is 14.3 Å². The Bertz CT molecular complexity index is 348. The number of amides is 2. The van der Waals surface area contributed by atoms with Gasteiger partial charge in [0.25, 0.3) is 0 Å². The minimum atomic E-state index is -0.252. The van der Waals surface area contributed by atoms with E-state index in [-0.39, 0.29) is 36.5 Å². The molecule has 1 N–H and O–H groups in total. The van der Waals surface area contributed by atoms with E-state index in [9.17, 15) is 9.59 Å². The molecule has 5 heteroatoms. The van der Waals surface area contributed by atoms with E-state index in [0.717, 1.165) is 25.7 Å². The summed E-state index contributed by atoms with van der Waals surface area (Å²) in [4.78, 5) is 25.6. The molecule has 1 unspecified atom stereocenters. The van der Waals surface area contributed by atoms with E-state index in [1.807, 2.05) is 0 Å². The van der Waals surface area contributed by atoms with Crippen LogP contribution in [-0.4, -0.2) is 48.6 Å². The van der Waals surface area contributed by atoms with Gasteiger partial charge in [-0.15, -0.1) is 0 Å². The summed E-state index contributed by atoms with van der Waals surface area (Å²) in [6.45, 7) is 0.225. The molecular formula is C12H18N2O3. The lowest BCUT2D eigenvalue weighted by atomic mass is 9.86. The number of ether oxygens (including phenoxy) is 1. The van der Waals surface area contributed by atoms with Gasteiger partial charge in [-0.2, -0.15) is 0 Å². The maximum absolute atomic E-state index is 12.3. The van der Waals surface area contributed by atoms with Crippen LogP contribution in [0.5, 0.6) is 0 Å². The van der Waals surface area contributed by atoms with Crippen LogP contribution in [0.4, 0.5) is 0 Å². The van der Waals surface area contributed by atoms with Crippen molar-refractivity contribution in [2.45, 2.75) is 43.9 Å². The van der Waals surface area contributed by atoms with Gasteiger partial charge in [0.1, 0.15) is 6.04 Å². The SMILES string of the molecule is COC1CC(N2CC(=O)NC(C3CC3)C2=O)C1. The number of nitrogens with one attached hydrogen (secondary N) is 1. The molecule has 2 aliphatic carbocycles. The van der Waals surface area contributed by atoms with Crippen molar-refractivity contribution in [1.29, 1.82) is 0 Å². The largest absolute Gasteiger partial charge is 0.381 e. The van der Waals surface area contributed by atoms with E-state index >= 15 is 0 Å². The fourth-order valence-corrected chi connectivity index (χ4v) is 2.74. The molecule has 1 atom stereocenters. The highest BCUT2D eigenvalue weighted by atomic mass is 16.5. The van der Waals surface area contributed by atoms with E-state index in [0.29, 0.717) is 5.92 Å². The molecule has 1 saturated heterocycles. The summed E-state index contributed by atoms with van der Waals surface area (Å²) in [7, 11) is 1.69. The first-order valence-corrected chi connectivity index (χ1v) is 6.31. The van der Waals surface area contributed by atoms with Gasteiger partial charge in [-0.1, -0.05) is 0 Å². The van der Waals surface area contributed by atoms with Gasteiger partial charge in [0.05, 0.1) is 12.6 Å². The summed E-state index contributed by atoms with van der Waals surface area (Å²) in [5.41, 5.74) is 0. The van der Waals surface area contributed by atoms with Crippen LogP contribution in [0.2, 0.25) is 0 Å². The molecule has 1 aliphatic heterocycles. The molecule has 17 heavy (non-hydrogen) atoms. The van der Waals surface area contributed by atoms with Crippen LogP contribution < -0.4 is 5.32 Å². The molecule has 0 aromatic carbocycles. The lowest BCUT2D eigenvalue weighted by Crippen LogP contribution is -2.64. The minimum absolute atomic E-state index is 0.0117. The minimum Gasteiger partial charge on any atom is -0.381 e. The molecule has 0 spiro atoms. The van der Waals surface area contributed by atoms with Gasteiger partial charge in [0, 0.05) is 13.2 Å². The van der Waals surface area contributed by atoms with Crippen molar-refractivity contribution in [1.82, 2.24) is 10.2 Å². The fourth-order valence-electron chi connectivity index (χ4n) is 2.74. The third-order valence-corrected chi connectivity index (χ3v) is 4.12. The maximum atomic E-state index is 12.3. The van der Waals surface area contributed by atoms with E-state index < -0.39 is 0 Å². The van der Waals surface area contributed by atoms with Crippen molar-refractivity contribution in [2.75, 3.05) is 13.7 Å². The first-order chi connectivity index (χ1) is 8.19. The van der Waals surface area contributed by atoms with Crippen LogP contribution in [0.3, 0.4) is 0 Å². The Morgan fingerprint density at radius 2 is 2.00 bits per heavy atom. The van der Waals surface area contributed by atoms with Crippen LogP contribution in [0.1, 0.15) is 25.7 Å². The van der Waals surface area contributed by atoms with Gasteiger partial charge in [-0.05, 0) is 31.6 Å². The topological polar surface area (TPSA) is 58.6 Å². The summed E-state index contributed by atoms with van der Waals surface area (Å²) < 4.78 is 5.22. The molecule has 1 heterocycles. The average Bonchev–Trinajstić information content (AvgIpc) is 3.04. The van der Waals surface area contributed by atoms with Crippen LogP contribution >= 0.6 is 0 Å². The molecule has 3 aliphatic rings. The Labute approximate surface area is 100 Å². The second-order valence-corrected chi connectivity index (χ2v) is 5.33. The Kier molecular flexibility index (Phi) is 2.58. The van der Waals surface area contributed by atoms with E-state index in [1.165, 1.54) is 0 Å². The molecule has 2 saturated carbocycles. The standard InChI is InChI=1S/C12H18N2O3/c1-17-9-4-8(5-9)14-6-10(15)13-11(12(14)16)7-2-3-7/h7-9,11H,2-6H2,1H3,(H,13,15). The van der Waals surface area contributed by atoms with Gasteiger partial charge in [-0.25, -0.2) is 0 Å². The first kappa shape index (κ1) is 11.0. The van der Waals surface area contributed by atoms with Crippen LogP contribution in [0.15, 0.2) is 0 Å². The monoisotopic (exact) mass is 238 g/mol. The smallest absolute Gasteiger partial charge is 0.246 e. The summed E-state index contributed by atoms with van der Waals surface area (Å²) in [5.74, 6) is 0.488. The van der Waals surface area contributed by atoms with Gasteiger partial charge in [0.2, 0.25) is 11.8 Å². The van der Waals surface area contributed by atoms with Crippen molar-refractivity contribution in [2.24, 2.45) is 5.92 Å². The lowest BCUT2D eigenvalue weighted by Gasteiger charge is -2.45. The Morgan fingerprint density at radius 1 is 1.29 bits per heavy atom. The van der Waals surface area contributed by atoms with Crippen molar-refractivity contribution in [3.05, 3.63) is 0 Å². The fraction of sp³-hybridized carbons (Fsp3) is 0.833. The number of methoxy groups -OCH3 is 1. The van der Waals surface area contributed by atoms with E-state index in [2.05, 4.69) is 5.32 Å². The third kappa shape index (κ3) is 1.92. The highest BCUT2D eigenvalue weighted by Crippen LogP contribution is 2.36. The Morgan fingerprint density at radius 3 is 2.59 bits per heavy atom. The molecule has 3 rings (SSSR count). The predicted octanol–water partition coefficient (Wildman–Crippen LogP) is -0.0992. The first-order valence-electron chi connectivity index (χ1n) is 6.31. The third-order valence-electron chi connectivity index (χ3n) is 4.12. The normalized spacial score (nSPS) is 37.7. The number of hydrogen-bond acceptors (Lipinski definition) is 3. The molecule has 3 fully saturated rings. The van der Waals surface area contributed by atoms with Crippen molar-refractivity contribution in [3.63, 3.8) is 0 Å². The van der Waals surface area contributed by atoms with Gasteiger partial charge in [-0.3, -0.25) is 9.59 Å². The quantitative estimate of drug-likeness (QED) is 0.747. The van der Waals surface area contributed by atoms with Gasteiger partial charge < -0.3 is 15.0 Å². The summed E-state index contributed by atoms with van der Waals surface area (Å²) in [6.07, 6.45) is 4.13. The average molecular weight is 238 g/mol. The number of nitrogens with zero attached hydrogens (tertiary/aromatic N) is 1. The van der Waals surface area contributed by atoms with Crippen molar-refractivity contribution in [3.8, 4) is 0 Å². The second-order valence-electron chi connectivity index (χ2n) is 5.33. The number of piperazine rings is 1. The maximum Gasteiger partial charge on any atom is 0.246 e. The Hall–Kier alpha value is -1.10. The predicted molar refractivity (Wildman–Crippen MR) is 60.2 cm³/mol. The van der Waals surface area contributed by atoms with Crippen molar-refractivity contribution >= 4 is 11.8 Å². The number of carbonyl (C=O) groups is 2. The zero-order chi connectivity index (χ0) is 12.0. The molecule has 0 aromatic rings. The molecule has 94 valence electrons. The highest BCUT2D eigenvalue weighted by Gasteiger charge is 2.46. The number of hydrogen-bond donors (Lipinski definition) is 1. The van der Waals surface area contributed by atoms with Crippen molar-refractivity contribution < 1.29 is 14.3 Å². The molecule has 0 radical (unpaired) electrons. The molecule has 0 aromatic heterocycles. The zero-order valence-electron chi connectivity index (χ0n) is 10.0. The van der Waals surface area contributed by atoms with Crippen LogP contribution in [0, 0.1) is 5.92 Å².